The minimum absolute atomic E-state index is 0.0801. The summed E-state index contributed by atoms with van der Waals surface area (Å²) in [5.74, 6) is 0. The third-order valence-electron chi connectivity index (χ3n) is 3.22. The summed E-state index contributed by atoms with van der Waals surface area (Å²) in [5, 5.41) is 0.519. The highest BCUT2D eigenvalue weighted by molar-refractivity contribution is 7.89. The molecular weight excluding hydrogens is 307 g/mol. The lowest BCUT2D eigenvalue weighted by Gasteiger charge is -2.26. The maximum atomic E-state index is 12.1. The normalized spacial score (nSPS) is 12.7. The first-order valence-corrected chi connectivity index (χ1v) is 8.21. The average molecular weight is 325 g/mol. The minimum atomic E-state index is -3.63. The quantitative estimate of drug-likeness (QED) is 0.845. The molecule has 0 spiro atoms. The van der Waals surface area contributed by atoms with Crippen LogP contribution >= 0.6 is 23.2 Å². The van der Waals surface area contributed by atoms with E-state index in [4.69, 9.17) is 28.9 Å². The molecule has 0 aliphatic carbocycles. The van der Waals surface area contributed by atoms with Crippen LogP contribution in [0, 0.1) is 0 Å². The Morgan fingerprint density at radius 3 is 2.26 bits per heavy atom. The highest BCUT2D eigenvalue weighted by Crippen LogP contribution is 2.24. The summed E-state index contributed by atoms with van der Waals surface area (Å²) in [7, 11) is -3.63. The molecule has 0 saturated carbocycles. The van der Waals surface area contributed by atoms with Gasteiger partial charge < -0.3 is 5.73 Å². The van der Waals surface area contributed by atoms with Crippen LogP contribution in [0.15, 0.2) is 23.1 Å². The van der Waals surface area contributed by atoms with Crippen LogP contribution in [0.1, 0.15) is 26.7 Å². The molecule has 1 rings (SSSR count). The molecule has 0 radical (unpaired) electrons. The first kappa shape index (κ1) is 16.7. The molecule has 108 valence electrons. The van der Waals surface area contributed by atoms with Gasteiger partial charge in [-0.05, 0) is 31.0 Å². The molecule has 1 aromatic rings. The Labute approximate surface area is 124 Å². The molecule has 0 heterocycles. The van der Waals surface area contributed by atoms with Gasteiger partial charge in [0.1, 0.15) is 0 Å². The van der Waals surface area contributed by atoms with Gasteiger partial charge in [-0.2, -0.15) is 0 Å². The van der Waals surface area contributed by atoms with Crippen molar-refractivity contribution in [1.82, 2.24) is 4.72 Å². The molecule has 0 aromatic heterocycles. The molecule has 3 N–H and O–H groups in total. The molecule has 1 aromatic carbocycles. The van der Waals surface area contributed by atoms with Gasteiger partial charge in [0, 0.05) is 12.1 Å². The highest BCUT2D eigenvalue weighted by atomic mass is 35.5. The minimum Gasteiger partial charge on any atom is -0.324 e. The lowest BCUT2D eigenvalue weighted by molar-refractivity contribution is 0.392. The van der Waals surface area contributed by atoms with E-state index in [-0.39, 0.29) is 16.5 Å². The molecule has 0 aliphatic heterocycles. The van der Waals surface area contributed by atoms with Crippen LogP contribution in [0.3, 0.4) is 0 Å². The van der Waals surface area contributed by atoms with E-state index in [1.165, 1.54) is 18.2 Å². The fourth-order valence-electron chi connectivity index (χ4n) is 1.47. The molecule has 4 nitrogen and oxygen atoms in total. The molecule has 0 saturated heterocycles. The van der Waals surface area contributed by atoms with Crippen molar-refractivity contribution in [2.75, 3.05) is 6.54 Å². The number of hydrogen-bond donors (Lipinski definition) is 2. The Morgan fingerprint density at radius 1 is 1.21 bits per heavy atom. The van der Waals surface area contributed by atoms with Gasteiger partial charge in [-0.15, -0.1) is 0 Å². The fraction of sp³-hybridized carbons (Fsp3) is 0.500. The molecule has 0 aliphatic rings. The van der Waals surface area contributed by atoms with Gasteiger partial charge in [-0.25, -0.2) is 13.1 Å². The number of benzene rings is 1. The van der Waals surface area contributed by atoms with Crippen molar-refractivity contribution in [3.63, 3.8) is 0 Å². The summed E-state index contributed by atoms with van der Waals surface area (Å²) < 4.78 is 26.7. The second kappa shape index (κ2) is 6.41. The summed E-state index contributed by atoms with van der Waals surface area (Å²) in [4.78, 5) is 0.0801. The lowest BCUT2D eigenvalue weighted by Crippen LogP contribution is -2.49. The maximum absolute atomic E-state index is 12.1. The second-order valence-electron chi connectivity index (χ2n) is 4.47. The molecule has 0 bridgehead atoms. The summed E-state index contributed by atoms with van der Waals surface area (Å²) in [6.07, 6.45) is 1.38. The fourth-order valence-corrected chi connectivity index (χ4v) is 2.99. The number of sulfonamides is 1. The van der Waals surface area contributed by atoms with Gasteiger partial charge in [-0.3, -0.25) is 0 Å². The van der Waals surface area contributed by atoms with E-state index in [2.05, 4.69) is 4.72 Å². The Morgan fingerprint density at radius 2 is 1.79 bits per heavy atom. The van der Waals surface area contributed by atoms with E-state index < -0.39 is 15.6 Å². The van der Waals surface area contributed by atoms with Crippen molar-refractivity contribution in [2.45, 2.75) is 37.1 Å². The number of nitrogens with two attached hydrogens (primary N) is 1. The van der Waals surface area contributed by atoms with E-state index in [0.717, 1.165) is 0 Å². The number of nitrogens with one attached hydrogen (secondary N) is 1. The molecule has 19 heavy (non-hydrogen) atoms. The SMILES string of the molecule is CCC(N)(CC)CNS(=O)(=O)c1ccc(Cl)c(Cl)c1. The summed E-state index contributed by atoms with van der Waals surface area (Å²) >= 11 is 11.6. The summed E-state index contributed by atoms with van der Waals surface area (Å²) in [6.45, 7) is 4.04. The standard InChI is InChI=1S/C12H18Cl2N2O2S/c1-3-12(15,4-2)8-16-19(17,18)9-5-6-10(13)11(14)7-9/h5-7,16H,3-4,8,15H2,1-2H3. The van der Waals surface area contributed by atoms with Gasteiger partial charge >= 0.3 is 0 Å². The van der Waals surface area contributed by atoms with Gasteiger partial charge in [0.25, 0.3) is 0 Å². The van der Waals surface area contributed by atoms with E-state index in [1.807, 2.05) is 13.8 Å². The van der Waals surface area contributed by atoms with Crippen LogP contribution < -0.4 is 10.5 Å². The Kier molecular flexibility index (Phi) is 5.65. The number of halogens is 2. The number of hydrogen-bond acceptors (Lipinski definition) is 3. The Bertz CT molecular complexity index is 543. The van der Waals surface area contributed by atoms with Crippen LogP contribution in [0.4, 0.5) is 0 Å². The van der Waals surface area contributed by atoms with Crippen molar-refractivity contribution < 1.29 is 8.42 Å². The van der Waals surface area contributed by atoms with Crippen LogP contribution in [-0.4, -0.2) is 20.5 Å². The van der Waals surface area contributed by atoms with Gasteiger partial charge in [-0.1, -0.05) is 37.0 Å². The maximum Gasteiger partial charge on any atom is 0.240 e. The average Bonchev–Trinajstić information content (AvgIpc) is 2.39. The predicted molar refractivity (Wildman–Crippen MR) is 79.2 cm³/mol. The van der Waals surface area contributed by atoms with Crippen molar-refractivity contribution in [3.8, 4) is 0 Å². The van der Waals surface area contributed by atoms with Gasteiger partial charge in [0.15, 0.2) is 0 Å². The van der Waals surface area contributed by atoms with Crippen molar-refractivity contribution in [3.05, 3.63) is 28.2 Å². The van der Waals surface area contributed by atoms with Crippen LogP contribution in [0.2, 0.25) is 10.0 Å². The van der Waals surface area contributed by atoms with E-state index >= 15 is 0 Å². The second-order valence-corrected chi connectivity index (χ2v) is 7.05. The molecule has 0 atom stereocenters. The van der Waals surface area contributed by atoms with Crippen molar-refractivity contribution >= 4 is 33.2 Å². The molecular formula is C12H18Cl2N2O2S. The topological polar surface area (TPSA) is 72.2 Å². The predicted octanol–water partition coefficient (Wildman–Crippen LogP) is 2.79. The number of rotatable bonds is 6. The summed E-state index contributed by atoms with van der Waals surface area (Å²) in [5.41, 5.74) is 5.52. The summed E-state index contributed by atoms with van der Waals surface area (Å²) in [6, 6.07) is 4.18. The van der Waals surface area contributed by atoms with Crippen LogP contribution in [-0.2, 0) is 10.0 Å². The van der Waals surface area contributed by atoms with E-state index in [1.54, 1.807) is 0 Å². The highest BCUT2D eigenvalue weighted by Gasteiger charge is 2.24. The van der Waals surface area contributed by atoms with Crippen LogP contribution in [0.5, 0.6) is 0 Å². The third kappa shape index (κ3) is 4.33. The van der Waals surface area contributed by atoms with Crippen molar-refractivity contribution in [1.29, 1.82) is 0 Å². The molecule has 0 fully saturated rings. The first-order valence-electron chi connectivity index (χ1n) is 5.97. The van der Waals surface area contributed by atoms with Crippen LogP contribution in [0.25, 0.3) is 0 Å². The first-order chi connectivity index (χ1) is 8.74. The molecule has 0 unspecified atom stereocenters. The lowest BCUT2D eigenvalue weighted by atomic mass is 9.95. The Balaban J connectivity index is 2.90. The monoisotopic (exact) mass is 324 g/mol. The Hall–Kier alpha value is -0.330. The van der Waals surface area contributed by atoms with Gasteiger partial charge in [0.05, 0.1) is 14.9 Å². The largest absolute Gasteiger partial charge is 0.324 e. The molecule has 0 amide bonds. The molecule has 7 heteroatoms. The van der Waals surface area contributed by atoms with E-state index in [9.17, 15) is 8.42 Å². The van der Waals surface area contributed by atoms with Gasteiger partial charge in [0.2, 0.25) is 10.0 Å². The smallest absolute Gasteiger partial charge is 0.240 e. The van der Waals surface area contributed by atoms with E-state index in [0.29, 0.717) is 17.9 Å². The zero-order valence-electron chi connectivity index (χ0n) is 10.9. The van der Waals surface area contributed by atoms with Crippen molar-refractivity contribution in [2.24, 2.45) is 5.73 Å². The zero-order valence-corrected chi connectivity index (χ0v) is 13.2. The third-order valence-corrected chi connectivity index (χ3v) is 5.36. The zero-order chi connectivity index (χ0) is 14.7.